The number of fused-ring (bicyclic) bond motifs is 1. The number of hydrogen-bond donors (Lipinski definition) is 1. The molecule has 0 spiro atoms. The Kier molecular flexibility index (Phi) is 3.13. The van der Waals surface area contributed by atoms with E-state index in [1.165, 1.54) is 22.8 Å². The molecule has 0 aliphatic carbocycles. The van der Waals surface area contributed by atoms with Gasteiger partial charge in [-0.15, -0.1) is 0 Å². The van der Waals surface area contributed by atoms with Crippen LogP contribution in [0, 0.1) is 5.82 Å². The van der Waals surface area contributed by atoms with E-state index < -0.39 is 5.82 Å². The van der Waals surface area contributed by atoms with Crippen LogP contribution in [0.15, 0.2) is 23.0 Å². The van der Waals surface area contributed by atoms with Gasteiger partial charge in [0.05, 0.1) is 5.39 Å². The van der Waals surface area contributed by atoms with Crippen molar-refractivity contribution in [2.45, 2.75) is 19.5 Å². The van der Waals surface area contributed by atoms with Crippen molar-refractivity contribution in [1.29, 1.82) is 0 Å². The van der Waals surface area contributed by atoms with Gasteiger partial charge in [0.15, 0.2) is 0 Å². The highest BCUT2D eigenvalue weighted by molar-refractivity contribution is 6.28. The summed E-state index contributed by atoms with van der Waals surface area (Å²) >= 11 is 5.85. The van der Waals surface area contributed by atoms with E-state index in [2.05, 4.69) is 4.98 Å². The Labute approximate surface area is 102 Å². The van der Waals surface area contributed by atoms with Crippen molar-refractivity contribution in [1.82, 2.24) is 9.55 Å². The quantitative estimate of drug-likeness (QED) is 0.828. The molecule has 2 N–H and O–H groups in total. The lowest BCUT2D eigenvalue weighted by Gasteiger charge is -2.11. The zero-order chi connectivity index (χ0) is 12.6. The molecule has 1 aromatic carbocycles. The zero-order valence-electron chi connectivity index (χ0n) is 9.15. The molecule has 1 atom stereocenters. The van der Waals surface area contributed by atoms with Crippen LogP contribution in [0.1, 0.15) is 6.92 Å². The lowest BCUT2D eigenvalue weighted by molar-refractivity contribution is 0.569. The molecule has 90 valence electrons. The summed E-state index contributed by atoms with van der Waals surface area (Å²) in [5.41, 5.74) is 5.23. The second kappa shape index (κ2) is 4.43. The maximum atomic E-state index is 13.4. The largest absolute Gasteiger partial charge is 0.326 e. The third kappa shape index (κ3) is 2.16. The van der Waals surface area contributed by atoms with E-state index in [1.54, 1.807) is 6.92 Å². The second-order valence-corrected chi connectivity index (χ2v) is 4.25. The molecular weight excluding hydrogens is 245 g/mol. The first kappa shape index (κ1) is 12.0. The maximum absolute atomic E-state index is 13.4. The standard InChI is InChI=1S/C11H11ClFN3O/c1-6(14)5-16-10(17)7-3-2-4-8(13)9(7)15-11(16)12/h2-4,6H,5,14H2,1H3. The van der Waals surface area contributed by atoms with Gasteiger partial charge in [-0.3, -0.25) is 9.36 Å². The Balaban J connectivity index is 2.77. The predicted molar refractivity (Wildman–Crippen MR) is 64.6 cm³/mol. The number of nitrogens with two attached hydrogens (primary N) is 1. The van der Waals surface area contributed by atoms with Crippen LogP contribution in [-0.2, 0) is 6.54 Å². The van der Waals surface area contributed by atoms with Gasteiger partial charge in [0, 0.05) is 12.6 Å². The molecule has 0 aliphatic rings. The SMILES string of the molecule is CC(N)Cn1c(Cl)nc2c(F)cccc2c1=O. The maximum Gasteiger partial charge on any atom is 0.262 e. The fraction of sp³-hybridized carbons (Fsp3) is 0.273. The van der Waals surface area contributed by atoms with Crippen molar-refractivity contribution < 1.29 is 4.39 Å². The van der Waals surface area contributed by atoms with Crippen LogP contribution in [0.25, 0.3) is 10.9 Å². The number of hydrogen-bond acceptors (Lipinski definition) is 3. The third-order valence-corrected chi connectivity index (χ3v) is 2.65. The van der Waals surface area contributed by atoms with Gasteiger partial charge < -0.3 is 5.73 Å². The average Bonchev–Trinajstić information content (AvgIpc) is 2.26. The third-order valence-electron chi connectivity index (χ3n) is 2.36. The number of halogens is 2. The highest BCUT2D eigenvalue weighted by Gasteiger charge is 2.12. The van der Waals surface area contributed by atoms with Crippen molar-refractivity contribution in [2.75, 3.05) is 0 Å². The molecule has 2 aromatic rings. The summed E-state index contributed by atoms with van der Waals surface area (Å²) in [6.07, 6.45) is 0. The van der Waals surface area contributed by atoms with Crippen molar-refractivity contribution in [3.63, 3.8) is 0 Å². The first-order valence-corrected chi connectivity index (χ1v) is 5.48. The minimum absolute atomic E-state index is 0.0107. The predicted octanol–water partition coefficient (Wildman–Crippen LogP) is 1.54. The molecule has 0 radical (unpaired) electrons. The Morgan fingerprint density at radius 2 is 2.29 bits per heavy atom. The van der Waals surface area contributed by atoms with E-state index in [9.17, 15) is 9.18 Å². The van der Waals surface area contributed by atoms with Crippen LogP contribution >= 0.6 is 11.6 Å². The van der Waals surface area contributed by atoms with Gasteiger partial charge in [0.2, 0.25) is 5.28 Å². The van der Waals surface area contributed by atoms with Gasteiger partial charge in [0.25, 0.3) is 5.56 Å². The molecule has 0 saturated carbocycles. The Bertz CT molecular complexity index is 624. The van der Waals surface area contributed by atoms with Gasteiger partial charge in [0.1, 0.15) is 11.3 Å². The molecule has 0 fully saturated rings. The summed E-state index contributed by atoms with van der Waals surface area (Å²) < 4.78 is 14.7. The minimum Gasteiger partial charge on any atom is -0.326 e. The zero-order valence-corrected chi connectivity index (χ0v) is 9.91. The summed E-state index contributed by atoms with van der Waals surface area (Å²) in [6, 6.07) is 3.98. The van der Waals surface area contributed by atoms with Crippen molar-refractivity contribution >= 4 is 22.5 Å². The van der Waals surface area contributed by atoms with Crippen molar-refractivity contribution in [2.24, 2.45) is 5.73 Å². The van der Waals surface area contributed by atoms with Gasteiger partial charge in [-0.2, -0.15) is 0 Å². The summed E-state index contributed by atoms with van der Waals surface area (Å²) in [5, 5.41) is 0.153. The molecule has 6 heteroatoms. The normalized spacial score (nSPS) is 12.9. The van der Waals surface area contributed by atoms with Crippen LogP contribution in [0.5, 0.6) is 0 Å². The molecule has 0 saturated heterocycles. The fourth-order valence-corrected chi connectivity index (χ4v) is 1.86. The van der Waals surface area contributed by atoms with E-state index >= 15 is 0 Å². The summed E-state index contributed by atoms with van der Waals surface area (Å²) in [6.45, 7) is 2.00. The monoisotopic (exact) mass is 255 g/mol. The Morgan fingerprint density at radius 3 is 2.94 bits per heavy atom. The molecule has 4 nitrogen and oxygen atoms in total. The summed E-state index contributed by atoms with van der Waals surface area (Å²) in [4.78, 5) is 15.9. The number of aromatic nitrogens is 2. The van der Waals surface area contributed by atoms with E-state index in [-0.39, 0.29) is 34.3 Å². The van der Waals surface area contributed by atoms with Crippen LogP contribution in [0.3, 0.4) is 0 Å². The topological polar surface area (TPSA) is 60.9 Å². The number of nitrogens with zero attached hydrogens (tertiary/aromatic N) is 2. The van der Waals surface area contributed by atoms with E-state index in [0.717, 1.165) is 0 Å². The lowest BCUT2D eigenvalue weighted by atomic mass is 10.2. The van der Waals surface area contributed by atoms with Crippen molar-refractivity contribution in [3.8, 4) is 0 Å². The summed E-state index contributed by atoms with van der Waals surface area (Å²) in [7, 11) is 0. The molecule has 0 aliphatic heterocycles. The van der Waals surface area contributed by atoms with Gasteiger partial charge in [-0.25, -0.2) is 9.37 Å². The molecule has 2 rings (SSSR count). The van der Waals surface area contributed by atoms with Crippen LogP contribution < -0.4 is 11.3 Å². The van der Waals surface area contributed by atoms with Crippen LogP contribution in [-0.4, -0.2) is 15.6 Å². The minimum atomic E-state index is -0.561. The van der Waals surface area contributed by atoms with Crippen LogP contribution in [0.4, 0.5) is 4.39 Å². The van der Waals surface area contributed by atoms with E-state index in [0.29, 0.717) is 0 Å². The lowest BCUT2D eigenvalue weighted by Crippen LogP contribution is -2.31. The first-order valence-electron chi connectivity index (χ1n) is 5.11. The highest BCUT2D eigenvalue weighted by Crippen LogP contribution is 2.15. The van der Waals surface area contributed by atoms with E-state index in [1.807, 2.05) is 0 Å². The van der Waals surface area contributed by atoms with Crippen molar-refractivity contribution in [3.05, 3.63) is 39.7 Å². The van der Waals surface area contributed by atoms with Gasteiger partial charge >= 0.3 is 0 Å². The van der Waals surface area contributed by atoms with Gasteiger partial charge in [-0.1, -0.05) is 6.07 Å². The highest BCUT2D eigenvalue weighted by atomic mass is 35.5. The van der Waals surface area contributed by atoms with Gasteiger partial charge in [-0.05, 0) is 30.7 Å². The molecule has 17 heavy (non-hydrogen) atoms. The molecule has 0 amide bonds. The molecule has 0 bridgehead atoms. The second-order valence-electron chi connectivity index (χ2n) is 3.91. The first-order chi connectivity index (χ1) is 8.00. The molecule has 1 heterocycles. The molecule has 1 aromatic heterocycles. The Hall–Kier alpha value is -1.46. The average molecular weight is 256 g/mol. The Morgan fingerprint density at radius 1 is 1.59 bits per heavy atom. The fourth-order valence-electron chi connectivity index (χ4n) is 1.63. The number of rotatable bonds is 2. The van der Waals surface area contributed by atoms with Crippen LogP contribution in [0.2, 0.25) is 5.28 Å². The molecule has 1 unspecified atom stereocenters. The smallest absolute Gasteiger partial charge is 0.262 e. The van der Waals surface area contributed by atoms with E-state index in [4.69, 9.17) is 17.3 Å². The summed E-state index contributed by atoms with van der Waals surface area (Å²) in [5.74, 6) is -0.561. The number of para-hydroxylation sites is 1. The number of benzene rings is 1. The molecular formula is C11H11ClFN3O.